The zero-order valence-electron chi connectivity index (χ0n) is 16.6. The van der Waals surface area contributed by atoms with E-state index < -0.39 is 0 Å². The Kier molecular flexibility index (Phi) is 9.59. The van der Waals surface area contributed by atoms with Gasteiger partial charge in [-0.05, 0) is 31.0 Å². The van der Waals surface area contributed by atoms with Gasteiger partial charge in [0.2, 0.25) is 0 Å². The van der Waals surface area contributed by atoms with Crippen LogP contribution < -0.4 is 15.8 Å². The molecule has 0 bridgehead atoms. The molecule has 1 saturated heterocycles. The second-order valence-corrected chi connectivity index (χ2v) is 8.03. The van der Waals surface area contributed by atoms with Crippen LogP contribution in [0.3, 0.4) is 0 Å². The Morgan fingerprint density at radius 1 is 1.29 bits per heavy atom. The van der Waals surface area contributed by atoms with E-state index in [1.54, 1.807) is 13.2 Å². The number of benzene rings is 1. The van der Waals surface area contributed by atoms with Gasteiger partial charge in [-0.2, -0.15) is 0 Å². The van der Waals surface area contributed by atoms with E-state index in [9.17, 15) is 0 Å². The summed E-state index contributed by atoms with van der Waals surface area (Å²) in [6, 6.07) is 5.50. The Morgan fingerprint density at radius 2 is 2.00 bits per heavy atom. The van der Waals surface area contributed by atoms with Gasteiger partial charge >= 0.3 is 0 Å². The van der Waals surface area contributed by atoms with E-state index >= 15 is 0 Å². The van der Waals surface area contributed by atoms with Gasteiger partial charge in [0.05, 0.1) is 25.3 Å². The number of hydrogen-bond acceptors (Lipinski definition) is 4. The van der Waals surface area contributed by atoms with E-state index in [0.29, 0.717) is 16.7 Å². The molecular weight excluding hydrogens is 491 g/mol. The van der Waals surface area contributed by atoms with E-state index in [2.05, 4.69) is 10.2 Å². The molecule has 3 rings (SSSR count). The zero-order valence-corrected chi connectivity index (χ0v) is 19.7. The number of halogens is 2. The molecule has 1 saturated carbocycles. The molecule has 6 nitrogen and oxygen atoms in total. The third kappa shape index (κ3) is 6.64. The van der Waals surface area contributed by atoms with Crippen LogP contribution in [0, 0.1) is 5.41 Å². The van der Waals surface area contributed by atoms with Crippen LogP contribution in [0.1, 0.15) is 32.1 Å². The summed E-state index contributed by atoms with van der Waals surface area (Å²) in [6.45, 7) is 5.55. The van der Waals surface area contributed by atoms with E-state index in [-0.39, 0.29) is 29.4 Å². The number of nitrogens with two attached hydrogens (primary N) is 1. The Labute approximate surface area is 190 Å². The molecule has 0 radical (unpaired) electrons. The minimum Gasteiger partial charge on any atom is -0.495 e. The molecule has 2 fully saturated rings. The van der Waals surface area contributed by atoms with Crippen molar-refractivity contribution in [1.82, 2.24) is 4.90 Å². The molecule has 1 aliphatic carbocycles. The Morgan fingerprint density at radius 3 is 2.64 bits per heavy atom. The smallest absolute Gasteiger partial charge is 0.193 e. The average molecular weight is 523 g/mol. The molecular formula is C20H32ClIN4O2. The Hall–Kier alpha value is -0.770. The number of rotatable bonds is 6. The standard InChI is InChI=1S/C20H31ClN4O2.HI/c1-26-18-6-5-16(13-17(18)21)24-19(22)23-14-20(7-3-2-4-8-20)15-25-9-11-27-12-10-25;/h5-6,13H,2-4,7-12,14-15H2,1H3,(H3,22,23,24);1H. The average Bonchev–Trinajstić information content (AvgIpc) is 2.68. The van der Waals surface area contributed by atoms with Crippen LogP contribution in [0.2, 0.25) is 5.02 Å². The van der Waals surface area contributed by atoms with Crippen LogP contribution in [0.15, 0.2) is 23.2 Å². The number of anilines is 1. The molecule has 0 atom stereocenters. The second-order valence-electron chi connectivity index (χ2n) is 7.62. The SMILES string of the molecule is COc1ccc(NC(N)=NCC2(CN3CCOCC3)CCCCC2)cc1Cl.I. The van der Waals surface area contributed by atoms with Crippen molar-refractivity contribution in [3.05, 3.63) is 23.2 Å². The predicted molar refractivity (Wildman–Crippen MR) is 126 cm³/mol. The molecule has 0 unspecified atom stereocenters. The summed E-state index contributed by atoms with van der Waals surface area (Å²) in [5.74, 6) is 1.08. The monoisotopic (exact) mass is 522 g/mol. The Bertz CT molecular complexity index is 647. The molecule has 28 heavy (non-hydrogen) atoms. The molecule has 0 aromatic heterocycles. The number of methoxy groups -OCH3 is 1. The van der Waals surface area contributed by atoms with Gasteiger partial charge in [0.15, 0.2) is 5.96 Å². The topological polar surface area (TPSA) is 72.1 Å². The van der Waals surface area contributed by atoms with Crippen molar-refractivity contribution in [3.8, 4) is 5.75 Å². The van der Waals surface area contributed by atoms with Gasteiger partial charge in [-0.25, -0.2) is 0 Å². The fraction of sp³-hybridized carbons (Fsp3) is 0.650. The lowest BCUT2D eigenvalue weighted by atomic mass is 9.73. The number of aliphatic imine (C=N–C) groups is 1. The molecule has 0 amide bonds. The number of guanidine groups is 1. The molecule has 1 aliphatic heterocycles. The number of morpholine rings is 1. The highest BCUT2D eigenvalue weighted by molar-refractivity contribution is 14.0. The lowest BCUT2D eigenvalue weighted by molar-refractivity contribution is 0.00940. The molecule has 1 heterocycles. The summed E-state index contributed by atoms with van der Waals surface area (Å²) in [4.78, 5) is 7.23. The van der Waals surface area contributed by atoms with Gasteiger partial charge in [0.1, 0.15) is 5.75 Å². The second kappa shape index (κ2) is 11.4. The van der Waals surface area contributed by atoms with Crippen molar-refractivity contribution in [2.75, 3.05) is 51.8 Å². The third-order valence-electron chi connectivity index (χ3n) is 5.59. The predicted octanol–water partition coefficient (Wildman–Crippen LogP) is 3.98. The van der Waals surface area contributed by atoms with E-state index in [1.807, 2.05) is 12.1 Å². The number of nitrogens with zero attached hydrogens (tertiary/aromatic N) is 2. The molecule has 2 aliphatic rings. The summed E-state index contributed by atoms with van der Waals surface area (Å²) in [6.07, 6.45) is 6.32. The molecule has 3 N–H and O–H groups in total. The van der Waals surface area contributed by atoms with Gasteiger partial charge in [0.25, 0.3) is 0 Å². The minimum atomic E-state index is 0. The van der Waals surface area contributed by atoms with Crippen molar-refractivity contribution in [1.29, 1.82) is 0 Å². The number of nitrogens with one attached hydrogen (secondary N) is 1. The maximum absolute atomic E-state index is 6.18. The maximum atomic E-state index is 6.18. The van der Waals surface area contributed by atoms with Crippen LogP contribution in [-0.4, -0.2) is 57.4 Å². The van der Waals surface area contributed by atoms with Crippen molar-refractivity contribution >= 4 is 47.2 Å². The summed E-state index contributed by atoms with van der Waals surface area (Å²) in [5.41, 5.74) is 7.20. The van der Waals surface area contributed by atoms with Crippen molar-refractivity contribution in [3.63, 3.8) is 0 Å². The van der Waals surface area contributed by atoms with Gasteiger partial charge in [-0.15, -0.1) is 24.0 Å². The largest absolute Gasteiger partial charge is 0.495 e. The van der Waals surface area contributed by atoms with Gasteiger partial charge < -0.3 is 20.5 Å². The molecule has 1 aromatic carbocycles. The zero-order chi connectivity index (χ0) is 19.1. The molecule has 1 aromatic rings. The van der Waals surface area contributed by atoms with Crippen molar-refractivity contribution < 1.29 is 9.47 Å². The van der Waals surface area contributed by atoms with Crippen LogP contribution >= 0.6 is 35.6 Å². The lowest BCUT2D eigenvalue weighted by Crippen LogP contribution is -2.46. The quantitative estimate of drug-likeness (QED) is 0.336. The van der Waals surface area contributed by atoms with Gasteiger partial charge in [-0.3, -0.25) is 9.89 Å². The minimum absolute atomic E-state index is 0. The normalized spacial score (nSPS) is 20.3. The van der Waals surface area contributed by atoms with E-state index in [4.69, 9.17) is 31.8 Å². The summed E-state index contributed by atoms with van der Waals surface area (Å²) < 4.78 is 10.7. The van der Waals surface area contributed by atoms with E-state index in [1.165, 1.54) is 32.1 Å². The first-order valence-electron chi connectivity index (χ1n) is 9.81. The van der Waals surface area contributed by atoms with Gasteiger partial charge in [-0.1, -0.05) is 30.9 Å². The summed E-state index contributed by atoms with van der Waals surface area (Å²) in [7, 11) is 1.60. The fourth-order valence-corrected chi connectivity index (χ4v) is 4.34. The lowest BCUT2D eigenvalue weighted by Gasteiger charge is -2.41. The third-order valence-corrected chi connectivity index (χ3v) is 5.88. The molecule has 8 heteroatoms. The van der Waals surface area contributed by atoms with Crippen LogP contribution in [-0.2, 0) is 4.74 Å². The highest BCUT2D eigenvalue weighted by Gasteiger charge is 2.34. The first-order valence-corrected chi connectivity index (χ1v) is 10.2. The highest BCUT2D eigenvalue weighted by atomic mass is 127. The van der Waals surface area contributed by atoms with Crippen LogP contribution in [0.4, 0.5) is 5.69 Å². The molecule has 158 valence electrons. The summed E-state index contributed by atoms with van der Waals surface area (Å²) >= 11 is 6.18. The summed E-state index contributed by atoms with van der Waals surface area (Å²) in [5, 5.41) is 3.70. The molecule has 0 spiro atoms. The highest BCUT2D eigenvalue weighted by Crippen LogP contribution is 2.37. The number of ether oxygens (including phenoxy) is 2. The van der Waals surface area contributed by atoms with Crippen molar-refractivity contribution in [2.24, 2.45) is 16.1 Å². The fourth-order valence-electron chi connectivity index (χ4n) is 4.09. The van der Waals surface area contributed by atoms with Crippen LogP contribution in [0.5, 0.6) is 5.75 Å². The van der Waals surface area contributed by atoms with Crippen molar-refractivity contribution in [2.45, 2.75) is 32.1 Å². The Balaban J connectivity index is 0.00000280. The van der Waals surface area contributed by atoms with E-state index in [0.717, 1.165) is 45.1 Å². The van der Waals surface area contributed by atoms with Gasteiger partial charge in [0, 0.05) is 37.3 Å². The first-order chi connectivity index (χ1) is 13.1. The number of hydrogen-bond donors (Lipinski definition) is 2. The van der Waals surface area contributed by atoms with Crippen LogP contribution in [0.25, 0.3) is 0 Å². The maximum Gasteiger partial charge on any atom is 0.193 e. The first kappa shape index (κ1) is 23.5.